The van der Waals surface area contributed by atoms with E-state index in [1.807, 2.05) is 18.5 Å². The lowest BCUT2D eigenvalue weighted by Gasteiger charge is -2.25. The van der Waals surface area contributed by atoms with Crippen LogP contribution in [0.1, 0.15) is 36.5 Å². The second-order valence-electron chi connectivity index (χ2n) is 7.79. The van der Waals surface area contributed by atoms with Crippen molar-refractivity contribution in [2.24, 2.45) is 12.0 Å². The number of guanidine groups is 1. The molecule has 2 aromatic rings. The highest BCUT2D eigenvalue weighted by atomic mass is 16.5. The number of benzene rings is 1. The van der Waals surface area contributed by atoms with Gasteiger partial charge in [0, 0.05) is 46.4 Å². The fourth-order valence-electron chi connectivity index (χ4n) is 3.70. The highest BCUT2D eigenvalue weighted by Gasteiger charge is 2.24. The normalized spacial score (nSPS) is 17.4. The van der Waals surface area contributed by atoms with Crippen LogP contribution in [0.25, 0.3) is 0 Å². The van der Waals surface area contributed by atoms with Crippen molar-refractivity contribution >= 4 is 5.96 Å². The van der Waals surface area contributed by atoms with E-state index in [-0.39, 0.29) is 0 Å². The number of aromatic nitrogens is 3. The molecule has 0 spiro atoms. The van der Waals surface area contributed by atoms with Crippen LogP contribution in [-0.2, 0) is 24.9 Å². The molecular weight excluding hydrogens is 378 g/mol. The van der Waals surface area contributed by atoms with E-state index in [0.29, 0.717) is 12.6 Å². The Bertz CT molecular complexity index is 790. The SMILES string of the molecule is COCCCNC(=NCc1nnc(C)n1C)NCC1CCCN1Cc1ccccc1. The minimum Gasteiger partial charge on any atom is -0.385 e. The zero-order valence-corrected chi connectivity index (χ0v) is 18.5. The van der Waals surface area contributed by atoms with E-state index in [1.54, 1.807) is 7.11 Å². The monoisotopic (exact) mass is 413 g/mol. The lowest BCUT2D eigenvalue weighted by Crippen LogP contribution is -2.45. The summed E-state index contributed by atoms with van der Waals surface area (Å²) in [7, 11) is 3.70. The van der Waals surface area contributed by atoms with Crippen LogP contribution in [0.4, 0.5) is 0 Å². The van der Waals surface area contributed by atoms with Crippen molar-refractivity contribution < 1.29 is 4.74 Å². The van der Waals surface area contributed by atoms with Crippen molar-refractivity contribution in [1.82, 2.24) is 30.3 Å². The van der Waals surface area contributed by atoms with Crippen LogP contribution in [0, 0.1) is 6.92 Å². The molecule has 2 N–H and O–H groups in total. The summed E-state index contributed by atoms with van der Waals surface area (Å²) in [5, 5.41) is 15.3. The Morgan fingerprint density at radius 1 is 1.23 bits per heavy atom. The molecule has 2 heterocycles. The zero-order chi connectivity index (χ0) is 21.2. The Morgan fingerprint density at radius 3 is 2.80 bits per heavy atom. The summed E-state index contributed by atoms with van der Waals surface area (Å²) in [4.78, 5) is 7.31. The molecule has 3 rings (SSSR count). The van der Waals surface area contributed by atoms with E-state index in [4.69, 9.17) is 9.73 Å². The van der Waals surface area contributed by atoms with E-state index in [9.17, 15) is 0 Å². The van der Waals surface area contributed by atoms with Crippen LogP contribution in [-0.4, -0.2) is 65.0 Å². The Hall–Kier alpha value is -2.45. The van der Waals surface area contributed by atoms with Gasteiger partial charge in [0.05, 0.1) is 0 Å². The largest absolute Gasteiger partial charge is 0.385 e. The number of nitrogens with zero attached hydrogens (tertiary/aromatic N) is 5. The van der Waals surface area contributed by atoms with E-state index in [1.165, 1.54) is 18.4 Å². The Labute approximate surface area is 179 Å². The molecule has 0 aliphatic carbocycles. The number of hydrogen-bond acceptors (Lipinski definition) is 5. The van der Waals surface area contributed by atoms with Crippen LogP contribution >= 0.6 is 0 Å². The molecule has 30 heavy (non-hydrogen) atoms. The molecule has 0 bridgehead atoms. The molecule has 1 aliphatic rings. The van der Waals surface area contributed by atoms with Gasteiger partial charge < -0.3 is 19.9 Å². The van der Waals surface area contributed by atoms with Gasteiger partial charge in [0.2, 0.25) is 0 Å². The van der Waals surface area contributed by atoms with Gasteiger partial charge in [-0.15, -0.1) is 10.2 Å². The molecule has 0 amide bonds. The number of ether oxygens (including phenoxy) is 1. The third-order valence-corrected chi connectivity index (χ3v) is 5.61. The van der Waals surface area contributed by atoms with E-state index in [0.717, 1.165) is 56.8 Å². The second-order valence-corrected chi connectivity index (χ2v) is 7.79. The number of methoxy groups -OCH3 is 1. The average Bonchev–Trinajstić information content (AvgIpc) is 3.34. The minimum atomic E-state index is 0.495. The smallest absolute Gasteiger partial charge is 0.191 e. The van der Waals surface area contributed by atoms with Gasteiger partial charge in [-0.2, -0.15) is 0 Å². The Morgan fingerprint density at radius 2 is 2.07 bits per heavy atom. The molecule has 1 aromatic heterocycles. The topological polar surface area (TPSA) is 79.6 Å². The molecule has 1 unspecified atom stereocenters. The van der Waals surface area contributed by atoms with Crippen LogP contribution in [0.5, 0.6) is 0 Å². The molecule has 8 heteroatoms. The molecule has 1 aliphatic heterocycles. The third-order valence-electron chi connectivity index (χ3n) is 5.61. The maximum Gasteiger partial charge on any atom is 0.191 e. The summed E-state index contributed by atoms with van der Waals surface area (Å²) in [6.45, 7) is 7.01. The first-order valence-electron chi connectivity index (χ1n) is 10.8. The van der Waals surface area contributed by atoms with E-state index < -0.39 is 0 Å². The Balaban J connectivity index is 1.57. The van der Waals surface area contributed by atoms with Gasteiger partial charge in [0.1, 0.15) is 12.4 Å². The number of nitrogens with one attached hydrogen (secondary N) is 2. The summed E-state index contributed by atoms with van der Waals surface area (Å²) < 4.78 is 7.13. The van der Waals surface area contributed by atoms with Gasteiger partial charge in [-0.3, -0.25) is 4.90 Å². The van der Waals surface area contributed by atoms with Crippen LogP contribution in [0.3, 0.4) is 0 Å². The van der Waals surface area contributed by atoms with E-state index in [2.05, 4.69) is 56.1 Å². The lowest BCUT2D eigenvalue weighted by molar-refractivity contribution is 0.195. The molecule has 164 valence electrons. The van der Waals surface area contributed by atoms with Crippen LogP contribution in [0.2, 0.25) is 0 Å². The zero-order valence-electron chi connectivity index (χ0n) is 18.5. The molecule has 1 aromatic carbocycles. The molecule has 0 saturated carbocycles. The maximum absolute atomic E-state index is 5.15. The first-order valence-corrected chi connectivity index (χ1v) is 10.8. The number of aliphatic imine (C=N–C) groups is 1. The summed E-state index contributed by atoms with van der Waals surface area (Å²) in [6, 6.07) is 11.2. The average molecular weight is 414 g/mol. The highest BCUT2D eigenvalue weighted by Crippen LogP contribution is 2.19. The predicted molar refractivity (Wildman–Crippen MR) is 119 cm³/mol. The van der Waals surface area contributed by atoms with Crippen molar-refractivity contribution in [3.05, 3.63) is 47.5 Å². The van der Waals surface area contributed by atoms with Crippen molar-refractivity contribution in [3.8, 4) is 0 Å². The first kappa shape index (κ1) is 22.2. The van der Waals surface area contributed by atoms with Crippen molar-refractivity contribution in [2.75, 3.05) is 33.4 Å². The Kier molecular flexibility index (Phi) is 8.65. The quantitative estimate of drug-likeness (QED) is 0.352. The summed E-state index contributed by atoms with van der Waals surface area (Å²) in [6.07, 6.45) is 3.38. The van der Waals surface area contributed by atoms with Gasteiger partial charge in [0.25, 0.3) is 0 Å². The maximum atomic E-state index is 5.15. The fraction of sp³-hybridized carbons (Fsp3) is 0.591. The first-order chi connectivity index (χ1) is 14.7. The van der Waals surface area contributed by atoms with Crippen LogP contribution < -0.4 is 10.6 Å². The fourth-order valence-corrected chi connectivity index (χ4v) is 3.70. The van der Waals surface area contributed by atoms with Crippen molar-refractivity contribution in [3.63, 3.8) is 0 Å². The number of rotatable bonds is 10. The second kappa shape index (κ2) is 11.7. The van der Waals surface area contributed by atoms with Crippen LogP contribution in [0.15, 0.2) is 35.3 Å². The number of aryl methyl sites for hydroxylation is 1. The summed E-state index contributed by atoms with van der Waals surface area (Å²) in [5.74, 6) is 2.57. The molecule has 0 radical (unpaired) electrons. The molecule has 1 saturated heterocycles. The lowest BCUT2D eigenvalue weighted by atomic mass is 10.2. The molecule has 1 atom stereocenters. The molecular formula is C22H35N7O. The van der Waals surface area contributed by atoms with Crippen molar-refractivity contribution in [1.29, 1.82) is 0 Å². The molecule has 8 nitrogen and oxygen atoms in total. The standard InChI is InChI=1S/C22H35N7O/c1-18-26-27-21(28(18)2)16-25-22(23-12-8-14-30-3)24-15-20-11-7-13-29(20)17-19-9-5-4-6-10-19/h4-6,9-10,20H,7-8,11-17H2,1-3H3,(H2,23,24,25). The summed E-state index contributed by atoms with van der Waals surface area (Å²) in [5.41, 5.74) is 1.37. The number of hydrogen-bond donors (Lipinski definition) is 2. The molecule has 1 fully saturated rings. The van der Waals surface area contributed by atoms with Gasteiger partial charge in [-0.25, -0.2) is 4.99 Å². The van der Waals surface area contributed by atoms with Gasteiger partial charge in [-0.1, -0.05) is 30.3 Å². The minimum absolute atomic E-state index is 0.495. The highest BCUT2D eigenvalue weighted by molar-refractivity contribution is 5.79. The predicted octanol–water partition coefficient (Wildman–Crippen LogP) is 1.86. The number of likely N-dealkylation sites (tertiary alicyclic amines) is 1. The van der Waals surface area contributed by atoms with Gasteiger partial charge in [-0.05, 0) is 38.3 Å². The third kappa shape index (κ3) is 6.53. The summed E-state index contributed by atoms with van der Waals surface area (Å²) >= 11 is 0. The van der Waals surface area contributed by atoms with Crippen molar-refractivity contribution in [2.45, 2.75) is 45.3 Å². The van der Waals surface area contributed by atoms with Gasteiger partial charge >= 0.3 is 0 Å². The van der Waals surface area contributed by atoms with Gasteiger partial charge in [0.15, 0.2) is 11.8 Å². The van der Waals surface area contributed by atoms with E-state index >= 15 is 0 Å².